The van der Waals surface area contributed by atoms with E-state index in [0.717, 1.165) is 54.7 Å². The van der Waals surface area contributed by atoms with Crippen LogP contribution in [0.15, 0.2) is 22.7 Å². The summed E-state index contributed by atoms with van der Waals surface area (Å²) in [6, 6.07) is 5.96. The largest absolute Gasteiger partial charge is 0.356 e. The van der Waals surface area contributed by atoms with Crippen molar-refractivity contribution in [2.24, 2.45) is 0 Å². The van der Waals surface area contributed by atoms with Gasteiger partial charge in [-0.25, -0.2) is 0 Å². The Labute approximate surface area is 142 Å². The Morgan fingerprint density at radius 2 is 2.12 bits per heavy atom. The smallest absolute Gasteiger partial charge is 0.232 e. The van der Waals surface area contributed by atoms with Crippen LogP contribution in [0.1, 0.15) is 44.4 Å². The summed E-state index contributed by atoms with van der Waals surface area (Å²) in [5.74, 6) is 0.0391. The summed E-state index contributed by atoms with van der Waals surface area (Å²) in [5, 5.41) is 8.49. The molecule has 1 aromatic carbocycles. The molecule has 5 nitrogen and oxygen atoms in total. The van der Waals surface area contributed by atoms with Crippen molar-refractivity contribution < 1.29 is 9.32 Å². The average molecular weight is 327 g/mol. The van der Waals surface area contributed by atoms with E-state index in [4.69, 9.17) is 4.52 Å². The first-order chi connectivity index (χ1) is 11.4. The highest BCUT2D eigenvalue weighted by Crippen LogP contribution is 2.39. The number of aryl methyl sites for hydroxylation is 1. The molecule has 1 saturated carbocycles. The molecule has 2 aliphatic rings. The summed E-state index contributed by atoms with van der Waals surface area (Å²) in [6.07, 6.45) is 3.42. The van der Waals surface area contributed by atoms with Crippen LogP contribution in [0.5, 0.6) is 0 Å². The van der Waals surface area contributed by atoms with Gasteiger partial charge in [0.2, 0.25) is 5.91 Å². The third-order valence-electron chi connectivity index (χ3n) is 5.56. The minimum atomic E-state index is -0.719. The van der Waals surface area contributed by atoms with Gasteiger partial charge in [-0.2, -0.15) is 0 Å². The lowest BCUT2D eigenvalue weighted by atomic mass is 9.85. The maximum atomic E-state index is 13.0. The molecule has 2 aromatic rings. The molecule has 1 aliphatic heterocycles. The number of nitrogens with one attached hydrogen (secondary N) is 1. The molecule has 1 aliphatic carbocycles. The van der Waals surface area contributed by atoms with E-state index in [1.807, 2.05) is 39.0 Å². The van der Waals surface area contributed by atoms with E-state index in [-0.39, 0.29) is 11.4 Å². The van der Waals surface area contributed by atoms with Gasteiger partial charge in [-0.15, -0.1) is 0 Å². The zero-order valence-corrected chi connectivity index (χ0v) is 14.7. The predicted octanol–water partition coefficient (Wildman–Crippen LogP) is 2.77. The van der Waals surface area contributed by atoms with Crippen molar-refractivity contribution in [3.63, 3.8) is 0 Å². The molecule has 0 spiro atoms. The summed E-state index contributed by atoms with van der Waals surface area (Å²) in [4.78, 5) is 15.4. The van der Waals surface area contributed by atoms with Crippen LogP contribution >= 0.6 is 0 Å². The zero-order valence-electron chi connectivity index (χ0n) is 14.7. The topological polar surface area (TPSA) is 58.4 Å². The highest BCUT2D eigenvalue weighted by molar-refractivity contribution is 5.94. The van der Waals surface area contributed by atoms with Crippen molar-refractivity contribution in [1.82, 2.24) is 15.4 Å². The molecule has 0 unspecified atom stereocenters. The van der Waals surface area contributed by atoms with Gasteiger partial charge >= 0.3 is 0 Å². The maximum Gasteiger partial charge on any atom is 0.232 e. The van der Waals surface area contributed by atoms with Crippen LogP contribution < -0.4 is 5.32 Å². The Balaban J connectivity index is 1.57. The molecule has 2 fully saturated rings. The lowest BCUT2D eigenvalue weighted by Crippen LogP contribution is -2.53. The van der Waals surface area contributed by atoms with E-state index in [9.17, 15) is 4.79 Å². The summed E-state index contributed by atoms with van der Waals surface area (Å²) in [6.45, 7) is 9.16. The third-order valence-corrected chi connectivity index (χ3v) is 5.56. The Hall–Kier alpha value is -1.88. The van der Waals surface area contributed by atoms with Crippen LogP contribution in [0.2, 0.25) is 0 Å². The summed E-state index contributed by atoms with van der Waals surface area (Å²) in [7, 11) is 0. The highest BCUT2D eigenvalue weighted by Gasteiger charge is 2.48. The zero-order chi connectivity index (χ0) is 16.9. The second kappa shape index (κ2) is 5.31. The molecule has 2 heterocycles. The number of para-hydroxylation sites is 1. The van der Waals surface area contributed by atoms with Crippen LogP contribution in [0.25, 0.3) is 11.0 Å². The van der Waals surface area contributed by atoms with Crippen molar-refractivity contribution in [3.05, 3.63) is 29.5 Å². The van der Waals surface area contributed by atoms with E-state index in [1.165, 1.54) is 6.42 Å². The van der Waals surface area contributed by atoms with Crippen molar-refractivity contribution in [2.45, 2.75) is 51.0 Å². The first-order valence-electron chi connectivity index (χ1n) is 8.82. The highest BCUT2D eigenvalue weighted by atomic mass is 16.5. The molecule has 128 valence electrons. The van der Waals surface area contributed by atoms with Crippen LogP contribution in [0, 0.1) is 6.92 Å². The second-order valence-electron chi connectivity index (χ2n) is 7.97. The first kappa shape index (κ1) is 15.6. The predicted molar refractivity (Wildman–Crippen MR) is 92.9 cm³/mol. The number of amides is 1. The van der Waals surface area contributed by atoms with Gasteiger partial charge < -0.3 is 14.7 Å². The van der Waals surface area contributed by atoms with Gasteiger partial charge in [-0.3, -0.25) is 4.79 Å². The molecule has 4 rings (SSSR count). The van der Waals surface area contributed by atoms with Crippen LogP contribution in [0.4, 0.5) is 0 Å². The fraction of sp³-hybridized carbons (Fsp3) is 0.579. The molecule has 1 amide bonds. The van der Waals surface area contributed by atoms with Gasteiger partial charge in [0, 0.05) is 11.9 Å². The van der Waals surface area contributed by atoms with Crippen LogP contribution in [-0.2, 0) is 10.2 Å². The molecule has 5 heteroatoms. The molecular weight excluding hydrogens is 302 g/mol. The van der Waals surface area contributed by atoms with Crippen molar-refractivity contribution >= 4 is 16.9 Å². The Morgan fingerprint density at radius 3 is 2.75 bits per heavy atom. The molecule has 0 radical (unpaired) electrons. The number of carbonyl (C=O) groups is 1. The number of likely N-dealkylation sites (tertiary alicyclic amines) is 1. The van der Waals surface area contributed by atoms with Crippen molar-refractivity contribution in [1.29, 1.82) is 0 Å². The van der Waals surface area contributed by atoms with E-state index < -0.39 is 5.41 Å². The van der Waals surface area contributed by atoms with E-state index in [1.54, 1.807) is 0 Å². The number of benzene rings is 1. The summed E-state index contributed by atoms with van der Waals surface area (Å²) in [5.41, 5.74) is 1.79. The van der Waals surface area contributed by atoms with Gasteiger partial charge in [-0.1, -0.05) is 17.3 Å². The number of hydrogen-bond acceptors (Lipinski definition) is 4. The van der Waals surface area contributed by atoms with E-state index >= 15 is 0 Å². The molecule has 1 N–H and O–H groups in total. The number of carbonyl (C=O) groups excluding carboxylic acids is 1. The minimum absolute atomic E-state index is 0.0236. The van der Waals surface area contributed by atoms with E-state index in [0.29, 0.717) is 0 Å². The third kappa shape index (κ3) is 2.51. The number of fused-ring (bicyclic) bond motifs is 1. The first-order valence-corrected chi connectivity index (χ1v) is 8.82. The summed E-state index contributed by atoms with van der Waals surface area (Å²) >= 11 is 0. The van der Waals surface area contributed by atoms with Gasteiger partial charge in [0.25, 0.3) is 0 Å². The Kier molecular flexibility index (Phi) is 3.46. The number of nitrogens with zero attached hydrogens (tertiary/aromatic N) is 2. The fourth-order valence-electron chi connectivity index (χ4n) is 3.50. The van der Waals surface area contributed by atoms with Gasteiger partial charge in [0.05, 0.1) is 11.0 Å². The maximum absolute atomic E-state index is 13.0. The number of rotatable bonds is 5. The molecule has 1 saturated heterocycles. The summed E-state index contributed by atoms with van der Waals surface area (Å²) < 4.78 is 5.51. The molecule has 24 heavy (non-hydrogen) atoms. The van der Waals surface area contributed by atoms with Crippen molar-refractivity contribution in [2.75, 3.05) is 19.6 Å². The monoisotopic (exact) mass is 327 g/mol. The van der Waals surface area contributed by atoms with Crippen molar-refractivity contribution in [3.8, 4) is 0 Å². The lowest BCUT2D eigenvalue weighted by Gasteiger charge is -2.35. The Morgan fingerprint density at radius 1 is 1.38 bits per heavy atom. The van der Waals surface area contributed by atoms with Gasteiger partial charge in [0.15, 0.2) is 5.58 Å². The standard InChI is InChI=1S/C19H25N3O2/c1-13-6-4-7-14-15(13)24-21-16(14)18(2,3)17(23)20-19(8-9-19)12-22-10-5-11-22/h4,6-7H,5,8-12H2,1-3H3,(H,20,23). The molecule has 0 bridgehead atoms. The molecule has 0 atom stereocenters. The number of aromatic nitrogens is 1. The van der Waals surface area contributed by atoms with E-state index in [2.05, 4.69) is 15.4 Å². The molecule has 1 aromatic heterocycles. The SMILES string of the molecule is Cc1cccc2c(C(C)(C)C(=O)NC3(CN4CCC4)CC3)noc12. The van der Waals surface area contributed by atoms with Gasteiger partial charge in [-0.05, 0) is 64.8 Å². The molecular formula is C19H25N3O2. The van der Waals surface area contributed by atoms with Gasteiger partial charge in [0.1, 0.15) is 5.69 Å². The quantitative estimate of drug-likeness (QED) is 0.917. The minimum Gasteiger partial charge on any atom is -0.356 e. The number of hydrogen-bond donors (Lipinski definition) is 1. The average Bonchev–Trinajstić information content (AvgIpc) is 3.09. The second-order valence-corrected chi connectivity index (χ2v) is 7.97. The lowest BCUT2D eigenvalue weighted by molar-refractivity contribution is -0.127. The van der Waals surface area contributed by atoms with Crippen LogP contribution in [0.3, 0.4) is 0 Å². The van der Waals surface area contributed by atoms with Crippen LogP contribution in [-0.4, -0.2) is 41.1 Å². The normalized spacial score (nSPS) is 20.0. The fourth-order valence-corrected chi connectivity index (χ4v) is 3.50. The Bertz CT molecular complexity index is 785.